The fourth-order valence-electron chi connectivity index (χ4n) is 0.841. The Bertz CT molecular complexity index is 330. The summed E-state index contributed by atoms with van der Waals surface area (Å²) >= 11 is 0. The lowest BCUT2D eigenvalue weighted by atomic mass is 10.1. The highest BCUT2D eigenvalue weighted by molar-refractivity contribution is 5.55. The van der Waals surface area contributed by atoms with Gasteiger partial charge < -0.3 is 0 Å². The SMILES string of the molecule is CC(C#N)=Cc1ccc(F)cc1. The molecule has 0 unspecified atom stereocenters. The first kappa shape index (κ1) is 8.48. The van der Waals surface area contributed by atoms with Gasteiger partial charge >= 0.3 is 0 Å². The summed E-state index contributed by atoms with van der Waals surface area (Å²) in [6, 6.07) is 8.01. The predicted octanol–water partition coefficient (Wildman–Crippen LogP) is 2.75. The number of nitriles is 1. The van der Waals surface area contributed by atoms with Crippen LogP contribution in [0.4, 0.5) is 4.39 Å². The molecule has 0 aromatic heterocycles. The van der Waals surface area contributed by atoms with E-state index in [-0.39, 0.29) is 5.82 Å². The van der Waals surface area contributed by atoms with Crippen LogP contribution in [0.25, 0.3) is 6.08 Å². The summed E-state index contributed by atoms with van der Waals surface area (Å²) in [5.74, 6) is -0.262. The quantitative estimate of drug-likeness (QED) is 0.581. The Kier molecular flexibility index (Phi) is 2.60. The molecule has 60 valence electrons. The van der Waals surface area contributed by atoms with Crippen molar-refractivity contribution in [2.45, 2.75) is 6.92 Å². The van der Waals surface area contributed by atoms with E-state index in [1.54, 1.807) is 25.1 Å². The van der Waals surface area contributed by atoms with Crippen molar-refractivity contribution in [3.05, 3.63) is 41.2 Å². The van der Waals surface area contributed by atoms with Crippen LogP contribution in [0, 0.1) is 17.1 Å². The maximum absolute atomic E-state index is 12.4. The minimum atomic E-state index is -0.262. The van der Waals surface area contributed by atoms with Crippen LogP contribution in [-0.2, 0) is 0 Å². The molecule has 0 radical (unpaired) electrons. The number of halogens is 1. The number of hydrogen-bond acceptors (Lipinski definition) is 1. The summed E-state index contributed by atoms with van der Waals surface area (Å²) < 4.78 is 12.4. The van der Waals surface area contributed by atoms with E-state index in [0.29, 0.717) is 5.57 Å². The van der Waals surface area contributed by atoms with Gasteiger partial charge in [0, 0.05) is 5.57 Å². The van der Waals surface area contributed by atoms with Crippen molar-refractivity contribution in [2.75, 3.05) is 0 Å². The first-order valence-electron chi connectivity index (χ1n) is 3.56. The highest BCUT2D eigenvalue weighted by atomic mass is 19.1. The van der Waals surface area contributed by atoms with E-state index in [0.717, 1.165) is 5.56 Å². The Balaban J connectivity index is 2.93. The van der Waals surface area contributed by atoms with Crippen molar-refractivity contribution in [2.24, 2.45) is 0 Å². The van der Waals surface area contributed by atoms with Crippen molar-refractivity contribution in [1.29, 1.82) is 5.26 Å². The van der Waals surface area contributed by atoms with Gasteiger partial charge in [0.1, 0.15) is 5.82 Å². The minimum Gasteiger partial charge on any atom is -0.207 e. The lowest BCUT2D eigenvalue weighted by molar-refractivity contribution is 0.628. The number of benzene rings is 1. The third-order valence-corrected chi connectivity index (χ3v) is 1.43. The molecule has 0 heterocycles. The Morgan fingerprint density at radius 1 is 1.42 bits per heavy atom. The van der Waals surface area contributed by atoms with Gasteiger partial charge in [0.15, 0.2) is 0 Å². The normalized spacial score (nSPS) is 10.9. The molecular weight excluding hydrogens is 153 g/mol. The molecule has 0 aliphatic rings. The van der Waals surface area contributed by atoms with Gasteiger partial charge in [-0.3, -0.25) is 0 Å². The molecule has 1 nitrogen and oxygen atoms in total. The minimum absolute atomic E-state index is 0.262. The van der Waals surface area contributed by atoms with Gasteiger partial charge in [-0.05, 0) is 30.7 Å². The summed E-state index contributed by atoms with van der Waals surface area (Å²) in [6.07, 6.45) is 1.71. The molecule has 0 spiro atoms. The van der Waals surface area contributed by atoms with Crippen LogP contribution in [0.5, 0.6) is 0 Å². The van der Waals surface area contributed by atoms with Gasteiger partial charge in [-0.25, -0.2) is 4.39 Å². The average Bonchev–Trinajstić information content (AvgIpc) is 2.09. The zero-order chi connectivity index (χ0) is 8.97. The zero-order valence-corrected chi connectivity index (χ0v) is 6.71. The zero-order valence-electron chi connectivity index (χ0n) is 6.71. The lowest BCUT2D eigenvalue weighted by Crippen LogP contribution is -1.75. The lowest BCUT2D eigenvalue weighted by Gasteiger charge is -1.92. The standard InChI is InChI=1S/C10H8FN/c1-8(7-12)6-9-2-4-10(11)5-3-9/h2-6H,1H3. The van der Waals surface area contributed by atoms with Crippen LogP contribution in [0.15, 0.2) is 29.8 Å². The van der Waals surface area contributed by atoms with E-state index in [1.807, 2.05) is 6.07 Å². The van der Waals surface area contributed by atoms with E-state index in [4.69, 9.17) is 5.26 Å². The molecule has 0 fully saturated rings. The van der Waals surface area contributed by atoms with Gasteiger partial charge in [0.05, 0.1) is 6.07 Å². The van der Waals surface area contributed by atoms with Crippen molar-refractivity contribution in [3.63, 3.8) is 0 Å². The average molecular weight is 161 g/mol. The second kappa shape index (κ2) is 3.68. The highest BCUT2D eigenvalue weighted by Crippen LogP contribution is 2.07. The number of rotatable bonds is 1. The highest BCUT2D eigenvalue weighted by Gasteiger charge is 1.90. The van der Waals surface area contributed by atoms with Crippen LogP contribution >= 0.6 is 0 Å². The molecule has 0 bridgehead atoms. The molecule has 0 N–H and O–H groups in total. The van der Waals surface area contributed by atoms with Gasteiger partial charge in [0.2, 0.25) is 0 Å². The molecule has 1 rings (SSSR count). The monoisotopic (exact) mass is 161 g/mol. The van der Waals surface area contributed by atoms with Crippen molar-refractivity contribution < 1.29 is 4.39 Å². The first-order chi connectivity index (χ1) is 5.72. The van der Waals surface area contributed by atoms with E-state index < -0.39 is 0 Å². The van der Waals surface area contributed by atoms with E-state index in [9.17, 15) is 4.39 Å². The number of nitrogens with zero attached hydrogens (tertiary/aromatic N) is 1. The summed E-state index contributed by atoms with van der Waals surface area (Å²) in [6.45, 7) is 1.71. The summed E-state index contributed by atoms with van der Waals surface area (Å²) in [7, 11) is 0. The summed E-state index contributed by atoms with van der Waals surface area (Å²) in [5.41, 5.74) is 1.46. The summed E-state index contributed by atoms with van der Waals surface area (Å²) in [4.78, 5) is 0. The Labute approximate surface area is 70.8 Å². The van der Waals surface area contributed by atoms with Crippen LogP contribution < -0.4 is 0 Å². The fourth-order valence-corrected chi connectivity index (χ4v) is 0.841. The molecule has 0 amide bonds. The maximum Gasteiger partial charge on any atom is 0.123 e. The van der Waals surface area contributed by atoms with Crippen molar-refractivity contribution in [3.8, 4) is 6.07 Å². The third kappa shape index (κ3) is 2.21. The molecule has 0 saturated heterocycles. The Morgan fingerprint density at radius 3 is 2.50 bits per heavy atom. The van der Waals surface area contributed by atoms with Crippen molar-refractivity contribution in [1.82, 2.24) is 0 Å². The van der Waals surface area contributed by atoms with Gasteiger partial charge in [-0.2, -0.15) is 5.26 Å². The van der Waals surface area contributed by atoms with E-state index >= 15 is 0 Å². The topological polar surface area (TPSA) is 23.8 Å². The molecule has 0 atom stereocenters. The largest absolute Gasteiger partial charge is 0.207 e. The van der Waals surface area contributed by atoms with Crippen LogP contribution in [0.2, 0.25) is 0 Å². The molecule has 1 aromatic rings. The van der Waals surface area contributed by atoms with E-state index in [1.165, 1.54) is 12.1 Å². The molecule has 1 aromatic carbocycles. The third-order valence-electron chi connectivity index (χ3n) is 1.43. The summed E-state index contributed by atoms with van der Waals surface area (Å²) in [5, 5.41) is 8.46. The Morgan fingerprint density at radius 2 is 2.00 bits per heavy atom. The first-order valence-corrected chi connectivity index (χ1v) is 3.56. The molecule has 2 heteroatoms. The van der Waals surface area contributed by atoms with Crippen LogP contribution in [0.1, 0.15) is 12.5 Å². The molecule has 0 aliphatic carbocycles. The number of allylic oxidation sites excluding steroid dienone is 1. The molecule has 0 aliphatic heterocycles. The second-order valence-electron chi connectivity index (χ2n) is 2.49. The van der Waals surface area contributed by atoms with E-state index in [2.05, 4.69) is 0 Å². The van der Waals surface area contributed by atoms with Crippen molar-refractivity contribution >= 4 is 6.08 Å². The fraction of sp³-hybridized carbons (Fsp3) is 0.100. The molecule has 0 saturated carbocycles. The van der Waals surface area contributed by atoms with Gasteiger partial charge in [-0.15, -0.1) is 0 Å². The van der Waals surface area contributed by atoms with Gasteiger partial charge in [-0.1, -0.05) is 12.1 Å². The van der Waals surface area contributed by atoms with Crippen LogP contribution in [0.3, 0.4) is 0 Å². The maximum atomic E-state index is 12.4. The predicted molar refractivity (Wildman–Crippen MR) is 45.7 cm³/mol. The smallest absolute Gasteiger partial charge is 0.123 e. The molecule has 12 heavy (non-hydrogen) atoms. The van der Waals surface area contributed by atoms with Gasteiger partial charge in [0.25, 0.3) is 0 Å². The second-order valence-corrected chi connectivity index (χ2v) is 2.49. The molecular formula is C10H8FN. The number of hydrogen-bond donors (Lipinski definition) is 0. The Hall–Kier alpha value is -1.62. The van der Waals surface area contributed by atoms with Crippen LogP contribution in [-0.4, -0.2) is 0 Å².